The summed E-state index contributed by atoms with van der Waals surface area (Å²) in [5.41, 5.74) is 6.85. The molecule has 18 heavy (non-hydrogen) atoms. The van der Waals surface area contributed by atoms with Crippen LogP contribution in [0, 0.1) is 6.92 Å². The van der Waals surface area contributed by atoms with Crippen molar-refractivity contribution in [2.24, 2.45) is 5.73 Å². The summed E-state index contributed by atoms with van der Waals surface area (Å²) in [5, 5.41) is 4.35. The molecule has 1 aromatic rings. The minimum atomic E-state index is -0.0650. The van der Waals surface area contributed by atoms with Crippen molar-refractivity contribution in [1.29, 1.82) is 0 Å². The second-order valence-corrected chi connectivity index (χ2v) is 5.31. The Balaban J connectivity index is 1.98. The summed E-state index contributed by atoms with van der Waals surface area (Å²) in [6.45, 7) is 5.51. The van der Waals surface area contributed by atoms with Crippen LogP contribution in [0.5, 0.6) is 0 Å². The molecule has 1 fully saturated rings. The highest BCUT2D eigenvalue weighted by Crippen LogP contribution is 2.21. The van der Waals surface area contributed by atoms with Crippen molar-refractivity contribution in [3.63, 3.8) is 0 Å². The third-order valence-electron chi connectivity index (χ3n) is 3.35. The van der Waals surface area contributed by atoms with Gasteiger partial charge < -0.3 is 10.6 Å². The molecule has 1 aliphatic heterocycles. The Morgan fingerprint density at radius 1 is 1.67 bits per heavy atom. The highest BCUT2D eigenvalue weighted by Gasteiger charge is 2.25. The first-order valence-corrected chi connectivity index (χ1v) is 6.60. The molecule has 0 radical (unpaired) electrons. The van der Waals surface area contributed by atoms with Crippen molar-refractivity contribution in [2.75, 3.05) is 13.1 Å². The molecule has 2 heterocycles. The summed E-state index contributed by atoms with van der Waals surface area (Å²) < 4.78 is 1.99. The van der Waals surface area contributed by atoms with Crippen molar-refractivity contribution in [3.05, 3.63) is 18.0 Å². The molecule has 0 aromatic carbocycles. The Bertz CT molecular complexity index is 413. The third-order valence-corrected chi connectivity index (χ3v) is 3.35. The van der Waals surface area contributed by atoms with Crippen LogP contribution in [0.4, 0.5) is 0 Å². The fourth-order valence-corrected chi connectivity index (χ4v) is 2.43. The van der Waals surface area contributed by atoms with Crippen LogP contribution in [0.2, 0.25) is 0 Å². The number of amides is 1. The van der Waals surface area contributed by atoms with Gasteiger partial charge in [-0.2, -0.15) is 5.10 Å². The second-order valence-electron chi connectivity index (χ2n) is 5.31. The molecule has 0 aliphatic carbocycles. The zero-order chi connectivity index (χ0) is 13.1. The number of aromatic nitrogens is 2. The van der Waals surface area contributed by atoms with Crippen LogP contribution in [0.25, 0.3) is 0 Å². The Morgan fingerprint density at radius 2 is 2.44 bits per heavy atom. The topological polar surface area (TPSA) is 64.2 Å². The van der Waals surface area contributed by atoms with Gasteiger partial charge in [-0.1, -0.05) is 0 Å². The van der Waals surface area contributed by atoms with E-state index in [0.717, 1.165) is 31.5 Å². The minimum absolute atomic E-state index is 0.0650. The van der Waals surface area contributed by atoms with Crippen molar-refractivity contribution in [1.82, 2.24) is 14.7 Å². The van der Waals surface area contributed by atoms with Gasteiger partial charge in [0.2, 0.25) is 5.91 Å². The first kappa shape index (κ1) is 13.1. The van der Waals surface area contributed by atoms with Crippen molar-refractivity contribution in [3.8, 4) is 0 Å². The molecule has 5 nitrogen and oxygen atoms in total. The fourth-order valence-electron chi connectivity index (χ4n) is 2.43. The number of carbonyl (C=O) groups is 1. The van der Waals surface area contributed by atoms with Gasteiger partial charge in [0.25, 0.3) is 0 Å². The zero-order valence-electron chi connectivity index (χ0n) is 11.2. The molecule has 0 bridgehead atoms. The summed E-state index contributed by atoms with van der Waals surface area (Å²) in [7, 11) is 0. The molecule has 2 atom stereocenters. The Kier molecular flexibility index (Phi) is 4.01. The molecule has 1 aliphatic rings. The minimum Gasteiger partial charge on any atom is -0.341 e. The van der Waals surface area contributed by atoms with Crippen LogP contribution in [-0.2, 0) is 4.79 Å². The summed E-state index contributed by atoms with van der Waals surface area (Å²) in [5.74, 6) is 0.165. The molecule has 0 saturated carbocycles. The highest BCUT2D eigenvalue weighted by molar-refractivity contribution is 5.76. The van der Waals surface area contributed by atoms with E-state index in [1.165, 1.54) is 0 Å². The van der Waals surface area contributed by atoms with Crippen LogP contribution < -0.4 is 5.73 Å². The van der Waals surface area contributed by atoms with E-state index >= 15 is 0 Å². The average molecular weight is 250 g/mol. The second kappa shape index (κ2) is 5.52. The maximum Gasteiger partial charge on any atom is 0.224 e. The monoisotopic (exact) mass is 250 g/mol. The van der Waals surface area contributed by atoms with Gasteiger partial charge in [0.1, 0.15) is 0 Å². The summed E-state index contributed by atoms with van der Waals surface area (Å²) in [4.78, 5) is 13.9. The van der Waals surface area contributed by atoms with Gasteiger partial charge in [0, 0.05) is 31.7 Å². The fraction of sp³-hybridized carbons (Fsp3) is 0.692. The van der Waals surface area contributed by atoms with E-state index < -0.39 is 0 Å². The zero-order valence-corrected chi connectivity index (χ0v) is 11.2. The van der Waals surface area contributed by atoms with E-state index in [9.17, 15) is 4.79 Å². The molecule has 100 valence electrons. The number of hydrogen-bond acceptors (Lipinski definition) is 3. The maximum absolute atomic E-state index is 12.0. The predicted molar refractivity (Wildman–Crippen MR) is 70.1 cm³/mol. The highest BCUT2D eigenvalue weighted by atomic mass is 16.2. The van der Waals surface area contributed by atoms with Gasteiger partial charge in [0.15, 0.2) is 0 Å². The molecule has 2 unspecified atom stereocenters. The van der Waals surface area contributed by atoms with Crippen LogP contribution in [0.15, 0.2) is 12.4 Å². The summed E-state index contributed by atoms with van der Waals surface area (Å²) >= 11 is 0. The number of piperidine rings is 1. The number of nitrogens with zero attached hydrogens (tertiary/aromatic N) is 3. The lowest BCUT2D eigenvalue weighted by Crippen LogP contribution is -2.42. The molecule has 2 N–H and O–H groups in total. The number of aryl methyl sites for hydroxylation is 1. The summed E-state index contributed by atoms with van der Waals surface area (Å²) in [6, 6.07) is 0.245. The van der Waals surface area contributed by atoms with E-state index in [1.807, 2.05) is 35.8 Å². The first-order valence-electron chi connectivity index (χ1n) is 6.60. The van der Waals surface area contributed by atoms with Crippen LogP contribution >= 0.6 is 0 Å². The molecule has 5 heteroatoms. The molecule has 1 saturated heterocycles. The van der Waals surface area contributed by atoms with Gasteiger partial charge in [-0.15, -0.1) is 0 Å². The number of likely N-dealkylation sites (tertiary alicyclic amines) is 1. The molecule has 0 spiro atoms. The molecule has 2 rings (SSSR count). The standard InChI is InChI=1S/C13H22N4O/c1-10-7-15-17(8-10)12-4-3-5-16(9-12)13(18)6-11(2)14/h7-8,11-12H,3-6,9,14H2,1-2H3. The number of hydrogen-bond donors (Lipinski definition) is 1. The van der Waals surface area contributed by atoms with E-state index in [-0.39, 0.29) is 11.9 Å². The van der Waals surface area contributed by atoms with Crippen LogP contribution in [0.1, 0.15) is 37.8 Å². The third kappa shape index (κ3) is 3.10. The van der Waals surface area contributed by atoms with Gasteiger partial charge in [-0.3, -0.25) is 9.48 Å². The van der Waals surface area contributed by atoms with Gasteiger partial charge in [0.05, 0.1) is 12.2 Å². The molecular weight excluding hydrogens is 228 g/mol. The largest absolute Gasteiger partial charge is 0.341 e. The lowest BCUT2D eigenvalue weighted by molar-refractivity contribution is -0.133. The lowest BCUT2D eigenvalue weighted by atomic mass is 10.0. The smallest absolute Gasteiger partial charge is 0.224 e. The maximum atomic E-state index is 12.0. The Morgan fingerprint density at radius 3 is 3.06 bits per heavy atom. The van der Waals surface area contributed by atoms with Crippen molar-refractivity contribution >= 4 is 5.91 Å². The SMILES string of the molecule is Cc1cnn(C2CCCN(C(=O)CC(C)N)C2)c1. The Labute approximate surface area is 108 Å². The summed E-state index contributed by atoms with van der Waals surface area (Å²) in [6.07, 6.45) is 6.47. The van der Waals surface area contributed by atoms with E-state index in [2.05, 4.69) is 5.10 Å². The van der Waals surface area contributed by atoms with Gasteiger partial charge in [-0.05, 0) is 32.3 Å². The quantitative estimate of drug-likeness (QED) is 0.873. The van der Waals surface area contributed by atoms with Gasteiger partial charge in [-0.25, -0.2) is 0 Å². The van der Waals surface area contributed by atoms with Crippen molar-refractivity contribution in [2.45, 2.75) is 45.2 Å². The lowest BCUT2D eigenvalue weighted by Gasteiger charge is -2.33. The number of carbonyl (C=O) groups excluding carboxylic acids is 1. The van der Waals surface area contributed by atoms with Gasteiger partial charge >= 0.3 is 0 Å². The van der Waals surface area contributed by atoms with E-state index in [4.69, 9.17) is 5.73 Å². The Hall–Kier alpha value is -1.36. The average Bonchev–Trinajstić information content (AvgIpc) is 2.75. The molecule has 1 aromatic heterocycles. The number of nitrogens with two attached hydrogens (primary N) is 1. The van der Waals surface area contributed by atoms with Crippen molar-refractivity contribution < 1.29 is 4.79 Å². The van der Waals surface area contributed by atoms with E-state index in [0.29, 0.717) is 12.5 Å². The number of rotatable bonds is 3. The normalized spacial score (nSPS) is 21.9. The molecule has 1 amide bonds. The van der Waals surface area contributed by atoms with E-state index in [1.54, 1.807) is 0 Å². The predicted octanol–water partition coefficient (Wildman–Crippen LogP) is 1.09. The molecular formula is C13H22N4O. The van der Waals surface area contributed by atoms with Crippen LogP contribution in [-0.4, -0.2) is 39.7 Å². The van der Waals surface area contributed by atoms with Crippen LogP contribution in [0.3, 0.4) is 0 Å². The first-order chi connectivity index (χ1) is 8.56.